The molecule has 0 amide bonds. The molecule has 0 atom stereocenters. The summed E-state index contributed by atoms with van der Waals surface area (Å²) in [5.74, 6) is 0. The van der Waals surface area contributed by atoms with Crippen molar-refractivity contribution in [2.75, 3.05) is 13.6 Å². The molecule has 0 aromatic heterocycles. The summed E-state index contributed by atoms with van der Waals surface area (Å²) in [6.07, 6.45) is 1.60. The highest BCUT2D eigenvalue weighted by Gasteiger charge is 2.05. The third kappa shape index (κ3) is 4.20. The van der Waals surface area contributed by atoms with E-state index in [1.54, 1.807) is 0 Å². The molecule has 0 N–H and O–H groups in total. The van der Waals surface area contributed by atoms with Gasteiger partial charge in [-0.2, -0.15) is 5.26 Å². The van der Waals surface area contributed by atoms with E-state index in [9.17, 15) is 0 Å². The van der Waals surface area contributed by atoms with E-state index in [0.717, 1.165) is 19.5 Å². The maximum atomic E-state index is 8.51. The molecule has 1 aromatic carbocycles. The lowest BCUT2D eigenvalue weighted by molar-refractivity contribution is 0.323. The van der Waals surface area contributed by atoms with Crippen molar-refractivity contribution in [3.63, 3.8) is 0 Å². The summed E-state index contributed by atoms with van der Waals surface area (Å²) in [7, 11) is 2.12. The molecular weight excluding hydrogens is 208 g/mol. The van der Waals surface area contributed by atoms with E-state index in [1.807, 2.05) is 0 Å². The summed E-state index contributed by atoms with van der Waals surface area (Å²) in [6.45, 7) is 8.44. The molecule has 0 aliphatic rings. The van der Waals surface area contributed by atoms with Crippen LogP contribution < -0.4 is 0 Å². The van der Waals surface area contributed by atoms with Crippen LogP contribution in [0.2, 0.25) is 0 Å². The third-order valence-corrected chi connectivity index (χ3v) is 3.22. The van der Waals surface area contributed by atoms with Crippen LogP contribution in [0, 0.1) is 32.1 Å². The summed E-state index contributed by atoms with van der Waals surface area (Å²) < 4.78 is 0. The van der Waals surface area contributed by atoms with E-state index >= 15 is 0 Å². The molecule has 0 saturated carbocycles. The molecule has 0 bridgehead atoms. The minimum absolute atomic E-state index is 0.649. The first-order chi connectivity index (χ1) is 8.04. The Labute approximate surface area is 105 Å². The van der Waals surface area contributed by atoms with Crippen LogP contribution in [0.4, 0.5) is 0 Å². The smallest absolute Gasteiger partial charge is 0.0622 e. The van der Waals surface area contributed by atoms with Gasteiger partial charge in [0.25, 0.3) is 0 Å². The molecule has 0 heterocycles. The first kappa shape index (κ1) is 13.7. The zero-order valence-electron chi connectivity index (χ0n) is 11.4. The molecule has 0 aliphatic heterocycles. The van der Waals surface area contributed by atoms with Crippen LogP contribution in [0.25, 0.3) is 0 Å². The Morgan fingerprint density at radius 2 is 1.76 bits per heavy atom. The molecule has 1 rings (SSSR count). The molecular formula is C15H22N2. The Bertz CT molecular complexity index is 416. The minimum Gasteiger partial charge on any atom is -0.302 e. The Hall–Kier alpha value is -1.33. The maximum Gasteiger partial charge on any atom is 0.0622 e. The predicted octanol–water partition coefficient (Wildman–Crippen LogP) is 3.35. The van der Waals surface area contributed by atoms with Crippen LogP contribution in [-0.2, 0) is 6.54 Å². The van der Waals surface area contributed by atoms with Gasteiger partial charge in [0, 0.05) is 13.0 Å². The fraction of sp³-hybridized carbons (Fsp3) is 0.533. The maximum absolute atomic E-state index is 8.51. The zero-order valence-corrected chi connectivity index (χ0v) is 11.4. The highest BCUT2D eigenvalue weighted by molar-refractivity contribution is 5.36. The van der Waals surface area contributed by atoms with Crippen LogP contribution in [0.1, 0.15) is 35.1 Å². The fourth-order valence-electron chi connectivity index (χ4n) is 1.99. The van der Waals surface area contributed by atoms with Gasteiger partial charge in [0.2, 0.25) is 0 Å². The number of rotatable bonds is 5. The highest BCUT2D eigenvalue weighted by atomic mass is 15.1. The second-order valence-electron chi connectivity index (χ2n) is 4.86. The van der Waals surface area contributed by atoms with Gasteiger partial charge >= 0.3 is 0 Å². The number of nitriles is 1. The van der Waals surface area contributed by atoms with Crippen molar-refractivity contribution >= 4 is 0 Å². The first-order valence-corrected chi connectivity index (χ1v) is 6.17. The number of aryl methyl sites for hydroxylation is 3. The van der Waals surface area contributed by atoms with Gasteiger partial charge in [-0.25, -0.2) is 0 Å². The first-order valence-electron chi connectivity index (χ1n) is 6.17. The molecule has 0 saturated heterocycles. The van der Waals surface area contributed by atoms with Crippen molar-refractivity contribution in [1.29, 1.82) is 5.26 Å². The molecule has 17 heavy (non-hydrogen) atoms. The van der Waals surface area contributed by atoms with E-state index in [2.05, 4.69) is 50.9 Å². The van der Waals surface area contributed by atoms with E-state index in [4.69, 9.17) is 5.26 Å². The van der Waals surface area contributed by atoms with Crippen molar-refractivity contribution in [2.24, 2.45) is 0 Å². The van der Waals surface area contributed by atoms with Gasteiger partial charge in [-0.3, -0.25) is 0 Å². The number of hydrogen-bond donors (Lipinski definition) is 0. The summed E-state index contributed by atoms with van der Waals surface area (Å²) in [5.41, 5.74) is 5.47. The minimum atomic E-state index is 0.649. The number of nitrogens with zero attached hydrogens (tertiary/aromatic N) is 2. The second kappa shape index (κ2) is 6.42. The SMILES string of the molecule is Cc1cc(C)c(CN(C)CCCC#N)cc1C. The van der Waals surface area contributed by atoms with Gasteiger partial charge in [-0.05, 0) is 63.0 Å². The zero-order chi connectivity index (χ0) is 12.8. The quantitative estimate of drug-likeness (QED) is 0.725. The lowest BCUT2D eigenvalue weighted by atomic mass is 10.0. The standard InChI is InChI=1S/C15H22N2/c1-12-9-14(3)15(10-13(12)2)11-17(4)8-6-5-7-16/h9-10H,5-6,8,11H2,1-4H3. The Kier molecular flexibility index (Phi) is 5.18. The Morgan fingerprint density at radius 3 is 2.41 bits per heavy atom. The van der Waals surface area contributed by atoms with Gasteiger partial charge < -0.3 is 4.90 Å². The molecule has 92 valence electrons. The monoisotopic (exact) mass is 230 g/mol. The second-order valence-corrected chi connectivity index (χ2v) is 4.86. The van der Waals surface area contributed by atoms with E-state index < -0.39 is 0 Å². The van der Waals surface area contributed by atoms with Crippen LogP contribution >= 0.6 is 0 Å². The normalized spacial score (nSPS) is 10.6. The molecule has 0 spiro atoms. The van der Waals surface area contributed by atoms with Crippen LogP contribution in [0.5, 0.6) is 0 Å². The highest BCUT2D eigenvalue weighted by Crippen LogP contribution is 2.16. The van der Waals surface area contributed by atoms with Crippen molar-refractivity contribution in [1.82, 2.24) is 4.90 Å². The van der Waals surface area contributed by atoms with Gasteiger partial charge in [0.15, 0.2) is 0 Å². The largest absolute Gasteiger partial charge is 0.302 e. The van der Waals surface area contributed by atoms with Crippen LogP contribution in [0.3, 0.4) is 0 Å². The summed E-state index contributed by atoms with van der Waals surface area (Å²) in [4.78, 5) is 2.29. The molecule has 2 heteroatoms. The molecule has 0 radical (unpaired) electrons. The average molecular weight is 230 g/mol. The van der Waals surface area contributed by atoms with Gasteiger partial charge in [-0.1, -0.05) is 12.1 Å². The molecule has 0 aliphatic carbocycles. The molecule has 0 fully saturated rings. The fourth-order valence-corrected chi connectivity index (χ4v) is 1.99. The Balaban J connectivity index is 2.62. The molecule has 2 nitrogen and oxygen atoms in total. The number of hydrogen-bond acceptors (Lipinski definition) is 2. The van der Waals surface area contributed by atoms with Crippen LogP contribution in [0.15, 0.2) is 12.1 Å². The van der Waals surface area contributed by atoms with Gasteiger partial charge in [0.1, 0.15) is 0 Å². The van der Waals surface area contributed by atoms with E-state index in [0.29, 0.717) is 6.42 Å². The van der Waals surface area contributed by atoms with E-state index in [-0.39, 0.29) is 0 Å². The van der Waals surface area contributed by atoms with Crippen molar-refractivity contribution in [3.05, 3.63) is 34.4 Å². The van der Waals surface area contributed by atoms with E-state index in [1.165, 1.54) is 22.3 Å². The van der Waals surface area contributed by atoms with Crippen molar-refractivity contribution < 1.29 is 0 Å². The van der Waals surface area contributed by atoms with Gasteiger partial charge in [-0.15, -0.1) is 0 Å². The average Bonchev–Trinajstić information content (AvgIpc) is 2.26. The number of benzene rings is 1. The van der Waals surface area contributed by atoms with Crippen molar-refractivity contribution in [2.45, 2.75) is 40.2 Å². The van der Waals surface area contributed by atoms with Gasteiger partial charge in [0.05, 0.1) is 6.07 Å². The number of unbranched alkanes of at least 4 members (excludes halogenated alkanes) is 1. The van der Waals surface area contributed by atoms with Crippen LogP contribution in [-0.4, -0.2) is 18.5 Å². The lowest BCUT2D eigenvalue weighted by Crippen LogP contribution is -2.19. The lowest BCUT2D eigenvalue weighted by Gasteiger charge is -2.18. The molecule has 0 unspecified atom stereocenters. The van der Waals surface area contributed by atoms with Crippen molar-refractivity contribution in [3.8, 4) is 6.07 Å². The Morgan fingerprint density at radius 1 is 1.12 bits per heavy atom. The third-order valence-electron chi connectivity index (χ3n) is 3.22. The summed E-state index contributed by atoms with van der Waals surface area (Å²) in [6, 6.07) is 6.73. The topological polar surface area (TPSA) is 27.0 Å². The predicted molar refractivity (Wildman–Crippen MR) is 71.8 cm³/mol. The molecule has 1 aromatic rings. The summed E-state index contributed by atoms with van der Waals surface area (Å²) in [5, 5.41) is 8.51. The summed E-state index contributed by atoms with van der Waals surface area (Å²) >= 11 is 0.